The summed E-state index contributed by atoms with van der Waals surface area (Å²) in [5, 5.41) is 9.65. The van der Waals surface area contributed by atoms with Crippen LogP contribution in [0.2, 0.25) is 0 Å². The van der Waals surface area contributed by atoms with E-state index in [1.165, 1.54) is 12.8 Å². The topological polar surface area (TPSA) is 72.5 Å². The fraction of sp³-hybridized carbons (Fsp3) is 0.917. The second-order valence-corrected chi connectivity index (χ2v) is 4.98. The van der Waals surface area contributed by atoms with Gasteiger partial charge in [0, 0.05) is 6.54 Å². The largest absolute Gasteiger partial charge is 0.462 e. The third kappa shape index (κ3) is 4.94. The van der Waals surface area contributed by atoms with Gasteiger partial charge in [0.25, 0.3) is 0 Å². The number of hydrogen-bond donors (Lipinski definition) is 2. The molecule has 0 spiro atoms. The van der Waals surface area contributed by atoms with E-state index in [-0.39, 0.29) is 25.0 Å². The van der Waals surface area contributed by atoms with Gasteiger partial charge >= 0.3 is 5.97 Å². The number of carbonyl (C=O) groups is 1. The molecule has 0 aromatic rings. The van der Waals surface area contributed by atoms with Gasteiger partial charge in [0.1, 0.15) is 6.10 Å². The molecule has 1 fully saturated rings. The van der Waals surface area contributed by atoms with Crippen molar-refractivity contribution in [1.82, 2.24) is 0 Å². The zero-order valence-electron chi connectivity index (χ0n) is 10.1. The first-order valence-electron chi connectivity index (χ1n) is 6.15. The maximum atomic E-state index is 11.6. The Morgan fingerprint density at radius 3 is 2.44 bits per heavy atom. The second kappa shape index (κ2) is 6.21. The third-order valence-electron chi connectivity index (χ3n) is 3.07. The zero-order chi connectivity index (χ0) is 12.0. The van der Waals surface area contributed by atoms with Gasteiger partial charge in [-0.3, -0.25) is 4.79 Å². The second-order valence-electron chi connectivity index (χ2n) is 4.98. The van der Waals surface area contributed by atoms with Crippen molar-refractivity contribution in [3.63, 3.8) is 0 Å². The average Bonchev–Trinajstić information content (AvgIpc) is 2.45. The van der Waals surface area contributed by atoms with Crippen LogP contribution in [0.1, 0.15) is 51.9 Å². The molecule has 4 heteroatoms. The predicted molar refractivity (Wildman–Crippen MR) is 61.9 cm³/mol. The quantitative estimate of drug-likeness (QED) is 0.564. The molecule has 1 saturated carbocycles. The number of nitrogens with two attached hydrogens (primary N) is 1. The maximum absolute atomic E-state index is 11.6. The van der Waals surface area contributed by atoms with Crippen LogP contribution in [0, 0.1) is 0 Å². The summed E-state index contributed by atoms with van der Waals surface area (Å²) >= 11 is 0. The van der Waals surface area contributed by atoms with Crippen LogP contribution in [-0.2, 0) is 9.53 Å². The van der Waals surface area contributed by atoms with Crippen LogP contribution < -0.4 is 5.73 Å². The minimum absolute atomic E-state index is 0.0139. The number of rotatable bonds is 4. The smallest absolute Gasteiger partial charge is 0.309 e. The molecule has 1 aliphatic rings. The molecule has 0 bridgehead atoms. The summed E-state index contributed by atoms with van der Waals surface area (Å²) in [6.45, 7) is 1.63. The van der Waals surface area contributed by atoms with Gasteiger partial charge in [-0.25, -0.2) is 0 Å². The molecule has 1 rings (SSSR count). The highest BCUT2D eigenvalue weighted by Gasteiger charge is 2.25. The molecular weight excluding hydrogens is 206 g/mol. The van der Waals surface area contributed by atoms with Crippen LogP contribution >= 0.6 is 0 Å². The monoisotopic (exact) mass is 229 g/mol. The minimum atomic E-state index is -1.14. The first-order chi connectivity index (χ1) is 7.53. The molecule has 0 amide bonds. The van der Waals surface area contributed by atoms with Crippen LogP contribution in [-0.4, -0.2) is 29.3 Å². The summed E-state index contributed by atoms with van der Waals surface area (Å²) in [7, 11) is 0. The summed E-state index contributed by atoms with van der Waals surface area (Å²) in [6, 6.07) is 0. The Morgan fingerprint density at radius 1 is 1.38 bits per heavy atom. The lowest BCUT2D eigenvalue weighted by Gasteiger charge is -2.22. The fourth-order valence-corrected chi connectivity index (χ4v) is 1.97. The number of carbonyl (C=O) groups excluding carboxylic acids is 1. The van der Waals surface area contributed by atoms with Gasteiger partial charge in [-0.2, -0.15) is 0 Å². The molecular formula is C12H23NO3. The normalized spacial score (nSPS) is 22.2. The SMILES string of the molecule is CC(O)(CN)CC(=O)OC1CCCCCC1. The van der Waals surface area contributed by atoms with E-state index >= 15 is 0 Å². The first-order valence-corrected chi connectivity index (χ1v) is 6.15. The molecule has 3 N–H and O–H groups in total. The lowest BCUT2D eigenvalue weighted by Crippen LogP contribution is -2.37. The highest BCUT2D eigenvalue weighted by Crippen LogP contribution is 2.21. The molecule has 0 aromatic heterocycles. The van der Waals surface area contributed by atoms with E-state index in [9.17, 15) is 9.90 Å². The van der Waals surface area contributed by atoms with Crippen molar-refractivity contribution in [1.29, 1.82) is 0 Å². The Kier molecular flexibility index (Phi) is 5.22. The molecule has 0 aromatic carbocycles. The van der Waals surface area contributed by atoms with Crippen molar-refractivity contribution < 1.29 is 14.6 Å². The van der Waals surface area contributed by atoms with Crippen LogP contribution in [0.5, 0.6) is 0 Å². The van der Waals surface area contributed by atoms with Gasteiger partial charge in [0.2, 0.25) is 0 Å². The summed E-state index contributed by atoms with van der Waals surface area (Å²) in [5.41, 5.74) is 4.22. The van der Waals surface area contributed by atoms with E-state index in [0.29, 0.717) is 0 Å². The molecule has 1 atom stereocenters. The van der Waals surface area contributed by atoms with Gasteiger partial charge in [-0.15, -0.1) is 0 Å². The molecule has 0 radical (unpaired) electrons. The number of esters is 1. The van der Waals surface area contributed by atoms with E-state index in [0.717, 1.165) is 25.7 Å². The molecule has 0 heterocycles. The number of aliphatic hydroxyl groups is 1. The average molecular weight is 229 g/mol. The van der Waals surface area contributed by atoms with E-state index < -0.39 is 5.60 Å². The Morgan fingerprint density at radius 2 is 1.94 bits per heavy atom. The van der Waals surface area contributed by atoms with E-state index in [2.05, 4.69) is 0 Å². The van der Waals surface area contributed by atoms with Crippen molar-refractivity contribution >= 4 is 5.97 Å². The number of hydrogen-bond acceptors (Lipinski definition) is 4. The van der Waals surface area contributed by atoms with Crippen molar-refractivity contribution in [3.8, 4) is 0 Å². The van der Waals surface area contributed by atoms with Gasteiger partial charge in [0.15, 0.2) is 0 Å². The lowest BCUT2D eigenvalue weighted by molar-refractivity contribution is -0.154. The van der Waals surface area contributed by atoms with E-state index in [4.69, 9.17) is 10.5 Å². The van der Waals surface area contributed by atoms with Crippen molar-refractivity contribution in [2.24, 2.45) is 5.73 Å². The molecule has 0 aliphatic heterocycles. The van der Waals surface area contributed by atoms with Crippen LogP contribution in [0.25, 0.3) is 0 Å². The van der Waals surface area contributed by atoms with E-state index in [1.807, 2.05) is 0 Å². The van der Waals surface area contributed by atoms with Gasteiger partial charge < -0.3 is 15.6 Å². The molecule has 1 unspecified atom stereocenters. The summed E-state index contributed by atoms with van der Waals surface area (Å²) in [4.78, 5) is 11.6. The van der Waals surface area contributed by atoms with Crippen molar-refractivity contribution in [3.05, 3.63) is 0 Å². The molecule has 4 nitrogen and oxygen atoms in total. The lowest BCUT2D eigenvalue weighted by atomic mass is 10.0. The fourth-order valence-electron chi connectivity index (χ4n) is 1.97. The van der Waals surface area contributed by atoms with Crippen LogP contribution in [0.15, 0.2) is 0 Å². The molecule has 16 heavy (non-hydrogen) atoms. The molecule has 94 valence electrons. The Hall–Kier alpha value is -0.610. The Bertz CT molecular complexity index is 220. The minimum Gasteiger partial charge on any atom is -0.462 e. The van der Waals surface area contributed by atoms with Crippen molar-refractivity contribution in [2.45, 2.75) is 63.6 Å². The van der Waals surface area contributed by atoms with Gasteiger partial charge in [-0.05, 0) is 32.6 Å². The van der Waals surface area contributed by atoms with Crippen LogP contribution in [0.3, 0.4) is 0 Å². The summed E-state index contributed by atoms with van der Waals surface area (Å²) < 4.78 is 5.35. The van der Waals surface area contributed by atoms with Gasteiger partial charge in [0.05, 0.1) is 12.0 Å². The highest BCUT2D eigenvalue weighted by molar-refractivity contribution is 5.70. The summed E-state index contributed by atoms with van der Waals surface area (Å²) in [5.74, 6) is -0.331. The van der Waals surface area contributed by atoms with Gasteiger partial charge in [-0.1, -0.05) is 12.8 Å². The van der Waals surface area contributed by atoms with E-state index in [1.54, 1.807) is 6.92 Å². The first kappa shape index (κ1) is 13.5. The van der Waals surface area contributed by atoms with Crippen LogP contribution in [0.4, 0.5) is 0 Å². The Labute approximate surface area is 97.2 Å². The highest BCUT2D eigenvalue weighted by atomic mass is 16.5. The Balaban J connectivity index is 2.32. The van der Waals surface area contributed by atoms with Crippen molar-refractivity contribution in [2.75, 3.05) is 6.54 Å². The zero-order valence-corrected chi connectivity index (χ0v) is 10.1. The molecule has 1 aliphatic carbocycles. The number of ether oxygens (including phenoxy) is 1. The predicted octanol–water partition coefficient (Wildman–Crippen LogP) is 1.35. The molecule has 0 saturated heterocycles. The summed E-state index contributed by atoms with van der Waals surface area (Å²) in [6.07, 6.45) is 6.66. The maximum Gasteiger partial charge on any atom is 0.309 e. The third-order valence-corrected chi connectivity index (χ3v) is 3.07. The standard InChI is InChI=1S/C12H23NO3/c1-12(15,9-13)8-11(14)16-10-6-4-2-3-5-7-10/h10,15H,2-9,13H2,1H3.